The normalized spacial score (nSPS) is 11.9. The summed E-state index contributed by atoms with van der Waals surface area (Å²) in [4.78, 5) is 5.38. The second-order valence-electron chi connectivity index (χ2n) is 3.69. The summed E-state index contributed by atoms with van der Waals surface area (Å²) in [6.45, 7) is -0.502. The fourth-order valence-corrected chi connectivity index (χ4v) is 1.98. The molecule has 102 valence electrons. The van der Waals surface area contributed by atoms with Crippen LogP contribution < -0.4 is 4.74 Å². The first-order valence-corrected chi connectivity index (χ1v) is 6.42. The molecule has 7 heteroatoms. The number of rotatable bonds is 6. The van der Waals surface area contributed by atoms with E-state index in [1.54, 1.807) is 18.2 Å². The van der Waals surface area contributed by atoms with Gasteiger partial charge in [0.25, 0.3) is 0 Å². The molecule has 1 aromatic rings. The van der Waals surface area contributed by atoms with Gasteiger partial charge in [-0.3, -0.25) is 4.90 Å². The summed E-state index contributed by atoms with van der Waals surface area (Å²) in [5.41, 5.74) is 0.555. The van der Waals surface area contributed by atoms with Crippen molar-refractivity contribution in [3.05, 3.63) is 23.9 Å². The zero-order chi connectivity index (χ0) is 13.6. The van der Waals surface area contributed by atoms with Gasteiger partial charge in [-0.1, -0.05) is 22.0 Å². The van der Waals surface area contributed by atoms with Gasteiger partial charge in [-0.2, -0.15) is 13.2 Å². The Morgan fingerprint density at radius 2 is 2.11 bits per heavy atom. The number of alkyl halides is 4. The third-order valence-corrected chi connectivity index (χ3v) is 2.53. The van der Waals surface area contributed by atoms with Crippen LogP contribution in [0.3, 0.4) is 0 Å². The van der Waals surface area contributed by atoms with E-state index in [9.17, 15) is 13.2 Å². The minimum atomic E-state index is -4.21. The van der Waals surface area contributed by atoms with Crippen LogP contribution in [0.1, 0.15) is 5.69 Å². The summed E-state index contributed by atoms with van der Waals surface area (Å²) in [5, 5.41) is 0.479. The molecule has 0 saturated carbocycles. The molecule has 0 bridgehead atoms. The van der Waals surface area contributed by atoms with Gasteiger partial charge >= 0.3 is 6.18 Å². The number of hydrogen-bond donors (Lipinski definition) is 0. The lowest BCUT2D eigenvalue weighted by molar-refractivity contribution is -0.146. The van der Waals surface area contributed by atoms with E-state index in [4.69, 9.17) is 4.74 Å². The number of aromatic nitrogens is 1. The summed E-state index contributed by atoms with van der Waals surface area (Å²) < 4.78 is 42.1. The monoisotopic (exact) mass is 326 g/mol. The second-order valence-corrected chi connectivity index (χ2v) is 4.48. The molecule has 0 N–H and O–H groups in total. The predicted molar refractivity (Wildman–Crippen MR) is 65.9 cm³/mol. The van der Waals surface area contributed by atoms with E-state index >= 15 is 0 Å². The van der Waals surface area contributed by atoms with Crippen LogP contribution in [0.2, 0.25) is 0 Å². The van der Waals surface area contributed by atoms with E-state index in [-0.39, 0.29) is 6.54 Å². The van der Waals surface area contributed by atoms with Crippen LogP contribution >= 0.6 is 15.9 Å². The van der Waals surface area contributed by atoms with Gasteiger partial charge < -0.3 is 4.74 Å². The summed E-state index contributed by atoms with van der Waals surface area (Å²) in [7, 11) is 1.47. The first-order valence-electron chi connectivity index (χ1n) is 5.29. The molecular weight excluding hydrogens is 313 g/mol. The molecular formula is C11H14BrF3N2O. The van der Waals surface area contributed by atoms with Crippen molar-refractivity contribution in [1.29, 1.82) is 0 Å². The molecule has 0 saturated heterocycles. The van der Waals surface area contributed by atoms with Crippen molar-refractivity contribution in [2.75, 3.05) is 25.5 Å². The molecule has 1 heterocycles. The molecule has 0 amide bonds. The number of pyridine rings is 1. The number of hydrogen-bond acceptors (Lipinski definition) is 3. The van der Waals surface area contributed by atoms with E-state index in [2.05, 4.69) is 20.9 Å². The minimum absolute atomic E-state index is 0.141. The molecule has 1 aromatic heterocycles. The molecule has 1 rings (SSSR count). The highest BCUT2D eigenvalue weighted by molar-refractivity contribution is 9.09. The van der Waals surface area contributed by atoms with Crippen LogP contribution in [-0.2, 0) is 6.54 Å². The largest absolute Gasteiger partial charge is 0.481 e. The van der Waals surface area contributed by atoms with E-state index < -0.39 is 12.7 Å². The SMILES string of the molecule is COc1cccc(CN(CCBr)CC(F)(F)F)n1. The molecule has 0 aliphatic carbocycles. The van der Waals surface area contributed by atoms with Gasteiger partial charge in [0, 0.05) is 24.5 Å². The number of nitrogens with zero attached hydrogens (tertiary/aromatic N) is 2. The molecule has 0 aliphatic rings. The van der Waals surface area contributed by atoms with Crippen molar-refractivity contribution in [2.24, 2.45) is 0 Å². The summed E-state index contributed by atoms with van der Waals surface area (Å²) in [6, 6.07) is 5.04. The number of halogens is 4. The van der Waals surface area contributed by atoms with Gasteiger partial charge in [0.15, 0.2) is 0 Å². The highest BCUT2D eigenvalue weighted by Gasteiger charge is 2.30. The van der Waals surface area contributed by atoms with Crippen molar-refractivity contribution in [3.63, 3.8) is 0 Å². The van der Waals surface area contributed by atoms with Crippen molar-refractivity contribution >= 4 is 15.9 Å². The predicted octanol–water partition coefficient (Wildman–Crippen LogP) is 2.85. The topological polar surface area (TPSA) is 25.4 Å². The molecule has 0 fully saturated rings. The van der Waals surface area contributed by atoms with Gasteiger partial charge in [0.05, 0.1) is 19.3 Å². The van der Waals surface area contributed by atoms with Crippen LogP contribution in [0, 0.1) is 0 Å². The van der Waals surface area contributed by atoms with Crippen LogP contribution in [0.15, 0.2) is 18.2 Å². The first kappa shape index (κ1) is 15.2. The zero-order valence-electron chi connectivity index (χ0n) is 9.88. The summed E-state index contributed by atoms with van der Waals surface area (Å²) >= 11 is 3.14. The molecule has 0 atom stereocenters. The van der Waals surface area contributed by atoms with E-state index in [1.807, 2.05) is 0 Å². The maximum absolute atomic E-state index is 12.4. The maximum atomic E-state index is 12.4. The average molecular weight is 327 g/mol. The summed E-state index contributed by atoms with van der Waals surface area (Å²) in [6.07, 6.45) is -4.21. The highest BCUT2D eigenvalue weighted by Crippen LogP contribution is 2.18. The average Bonchev–Trinajstić information content (AvgIpc) is 2.27. The molecule has 0 aromatic carbocycles. The van der Waals surface area contributed by atoms with E-state index in [0.717, 1.165) is 0 Å². The lowest BCUT2D eigenvalue weighted by Gasteiger charge is -2.22. The Labute approximate surface area is 112 Å². The van der Waals surface area contributed by atoms with Crippen LogP contribution in [0.25, 0.3) is 0 Å². The Morgan fingerprint density at radius 3 is 2.67 bits per heavy atom. The fraction of sp³-hybridized carbons (Fsp3) is 0.545. The quantitative estimate of drug-likeness (QED) is 0.752. The van der Waals surface area contributed by atoms with E-state index in [0.29, 0.717) is 23.4 Å². The molecule has 3 nitrogen and oxygen atoms in total. The fourth-order valence-electron chi connectivity index (χ4n) is 1.48. The van der Waals surface area contributed by atoms with Gasteiger partial charge in [0.1, 0.15) is 0 Å². The Bertz CT molecular complexity index is 374. The van der Waals surface area contributed by atoms with Crippen LogP contribution in [0.4, 0.5) is 13.2 Å². The Morgan fingerprint density at radius 1 is 1.39 bits per heavy atom. The van der Waals surface area contributed by atoms with Crippen molar-refractivity contribution in [2.45, 2.75) is 12.7 Å². The summed E-state index contributed by atoms with van der Waals surface area (Å²) in [5.74, 6) is 0.401. The third kappa shape index (κ3) is 5.68. The minimum Gasteiger partial charge on any atom is -0.481 e. The zero-order valence-corrected chi connectivity index (χ0v) is 11.5. The highest BCUT2D eigenvalue weighted by atomic mass is 79.9. The van der Waals surface area contributed by atoms with Crippen molar-refractivity contribution < 1.29 is 17.9 Å². The lowest BCUT2D eigenvalue weighted by Crippen LogP contribution is -2.35. The smallest absolute Gasteiger partial charge is 0.401 e. The first-order chi connectivity index (χ1) is 8.44. The molecule has 18 heavy (non-hydrogen) atoms. The van der Waals surface area contributed by atoms with Crippen LogP contribution in [0.5, 0.6) is 5.88 Å². The standard InChI is InChI=1S/C11H14BrF3N2O/c1-18-10-4-2-3-9(16-10)7-17(6-5-12)8-11(13,14)15/h2-4H,5-8H2,1H3. The van der Waals surface area contributed by atoms with Crippen LogP contribution in [-0.4, -0.2) is 41.6 Å². The van der Waals surface area contributed by atoms with Crippen molar-refractivity contribution in [3.8, 4) is 5.88 Å². The number of ether oxygens (including phenoxy) is 1. The van der Waals surface area contributed by atoms with Gasteiger partial charge in [-0.15, -0.1) is 0 Å². The molecule has 0 unspecified atom stereocenters. The lowest BCUT2D eigenvalue weighted by atomic mass is 10.3. The Balaban J connectivity index is 2.69. The Hall–Kier alpha value is -0.820. The van der Waals surface area contributed by atoms with Gasteiger partial charge in [-0.05, 0) is 6.07 Å². The van der Waals surface area contributed by atoms with E-state index in [1.165, 1.54) is 12.0 Å². The maximum Gasteiger partial charge on any atom is 0.401 e. The van der Waals surface area contributed by atoms with Gasteiger partial charge in [0.2, 0.25) is 5.88 Å². The second kappa shape index (κ2) is 6.94. The molecule has 0 aliphatic heterocycles. The van der Waals surface area contributed by atoms with Gasteiger partial charge in [-0.25, -0.2) is 4.98 Å². The Kier molecular flexibility index (Phi) is 5.87. The molecule has 0 spiro atoms. The number of methoxy groups -OCH3 is 1. The molecule has 0 radical (unpaired) electrons. The third-order valence-electron chi connectivity index (χ3n) is 2.18. The van der Waals surface area contributed by atoms with Crippen molar-refractivity contribution in [1.82, 2.24) is 9.88 Å².